The number of pyridine rings is 1. The predicted molar refractivity (Wildman–Crippen MR) is 146 cm³/mol. The number of carbonyl (C=O) groups excluding carboxylic acids is 1. The van der Waals surface area contributed by atoms with Crippen LogP contribution in [-0.4, -0.2) is 51.0 Å². The number of allylic oxidation sites excluding steroid dienone is 2. The molecule has 5 rings (SSSR count). The highest BCUT2D eigenvalue weighted by molar-refractivity contribution is 6.10. The molecule has 1 aromatic carbocycles. The second-order valence-electron chi connectivity index (χ2n) is 10.6. The number of rotatable bonds is 8. The Morgan fingerprint density at radius 1 is 1.21 bits per heavy atom. The number of amides is 1. The van der Waals surface area contributed by atoms with Crippen molar-refractivity contribution in [1.29, 1.82) is 0 Å². The van der Waals surface area contributed by atoms with Gasteiger partial charge < -0.3 is 25.4 Å². The molecule has 0 unspecified atom stereocenters. The zero-order valence-electron chi connectivity index (χ0n) is 22.7. The van der Waals surface area contributed by atoms with Gasteiger partial charge in [0.1, 0.15) is 5.69 Å². The number of nitrogens with two attached hydrogens (primary N) is 1. The third kappa shape index (κ3) is 4.97. The molecule has 3 heterocycles. The van der Waals surface area contributed by atoms with Crippen LogP contribution in [0.4, 0.5) is 14.5 Å². The smallest absolute Gasteiger partial charge is 0.238 e. The molecule has 2 aliphatic heterocycles. The Labute approximate surface area is 227 Å². The summed E-state index contributed by atoms with van der Waals surface area (Å²) in [7, 11) is 2.56. The number of carbonyl (C=O) groups is 1. The van der Waals surface area contributed by atoms with E-state index in [1.807, 2.05) is 6.07 Å². The Hall–Kier alpha value is -3.53. The van der Waals surface area contributed by atoms with Gasteiger partial charge in [-0.1, -0.05) is 0 Å². The highest BCUT2D eigenvalue weighted by Gasteiger charge is 2.57. The summed E-state index contributed by atoms with van der Waals surface area (Å²) in [5.41, 5.74) is 8.36. The van der Waals surface area contributed by atoms with Gasteiger partial charge in [0.05, 0.1) is 31.9 Å². The van der Waals surface area contributed by atoms with Crippen LogP contribution in [0, 0.1) is 17.6 Å². The lowest BCUT2D eigenvalue weighted by atomic mass is 9.85. The van der Waals surface area contributed by atoms with Gasteiger partial charge in [0, 0.05) is 36.3 Å². The maximum absolute atomic E-state index is 15.3. The lowest BCUT2D eigenvalue weighted by molar-refractivity contribution is -0.121. The fraction of sp³-hybridized carbons (Fsp3) is 0.483. The van der Waals surface area contributed by atoms with Crippen LogP contribution in [-0.2, 0) is 16.8 Å². The molecule has 0 radical (unpaired) electrons. The lowest BCUT2D eigenvalue weighted by Crippen LogP contribution is -2.45. The quantitative estimate of drug-likeness (QED) is 0.490. The molecule has 39 heavy (non-hydrogen) atoms. The number of nitrogens with one attached hydrogen (secondary N) is 1. The highest BCUT2D eigenvalue weighted by Crippen LogP contribution is 2.55. The maximum Gasteiger partial charge on any atom is 0.238 e. The Balaban J connectivity index is 1.44. The minimum Gasteiger partial charge on any atom is -0.493 e. The Kier molecular flexibility index (Phi) is 7.57. The molecule has 2 fully saturated rings. The van der Waals surface area contributed by atoms with Gasteiger partial charge in [0.15, 0.2) is 23.1 Å². The second-order valence-corrected chi connectivity index (χ2v) is 10.6. The molecule has 1 spiro atoms. The second kappa shape index (κ2) is 10.9. The van der Waals surface area contributed by atoms with E-state index in [0.717, 1.165) is 41.6 Å². The van der Waals surface area contributed by atoms with Gasteiger partial charge in [-0.05, 0) is 75.2 Å². The first-order valence-electron chi connectivity index (χ1n) is 13.4. The van der Waals surface area contributed by atoms with Crippen molar-refractivity contribution in [3.05, 3.63) is 52.5 Å². The van der Waals surface area contributed by atoms with Crippen LogP contribution in [0.2, 0.25) is 0 Å². The summed E-state index contributed by atoms with van der Waals surface area (Å²) in [5.74, 6) is -1.97. The summed E-state index contributed by atoms with van der Waals surface area (Å²) in [6, 6.07) is 3.02. The van der Waals surface area contributed by atoms with Crippen molar-refractivity contribution in [2.45, 2.75) is 51.0 Å². The fourth-order valence-electron chi connectivity index (χ4n) is 5.67. The lowest BCUT2D eigenvalue weighted by Gasteiger charge is -2.35. The molecule has 3 N–H and O–H groups in total. The molecule has 8 nitrogen and oxygen atoms in total. The number of aliphatic imine (C=N–C) groups is 1. The minimum atomic E-state index is -0.947. The molecule has 1 saturated heterocycles. The van der Waals surface area contributed by atoms with Gasteiger partial charge in [0.25, 0.3) is 0 Å². The normalized spacial score (nSPS) is 19.3. The molecule has 1 amide bonds. The van der Waals surface area contributed by atoms with E-state index in [1.165, 1.54) is 27.1 Å². The molecule has 10 heteroatoms. The molecule has 0 atom stereocenters. The Morgan fingerprint density at radius 3 is 2.46 bits per heavy atom. The zero-order chi connectivity index (χ0) is 27.7. The van der Waals surface area contributed by atoms with Crippen molar-refractivity contribution >= 4 is 23.4 Å². The molecular weight excluding hydrogens is 504 g/mol. The summed E-state index contributed by atoms with van der Waals surface area (Å²) in [5, 5.41) is 3.38. The number of aromatic nitrogens is 1. The summed E-state index contributed by atoms with van der Waals surface area (Å²) >= 11 is 0. The van der Waals surface area contributed by atoms with Crippen LogP contribution in [0.25, 0.3) is 5.57 Å². The van der Waals surface area contributed by atoms with Crippen molar-refractivity contribution < 1.29 is 23.0 Å². The van der Waals surface area contributed by atoms with E-state index < -0.39 is 22.7 Å². The largest absolute Gasteiger partial charge is 0.493 e. The molecule has 0 bridgehead atoms. The van der Waals surface area contributed by atoms with Crippen molar-refractivity contribution in [2.24, 2.45) is 16.6 Å². The van der Waals surface area contributed by atoms with Crippen LogP contribution in [0.1, 0.15) is 55.8 Å². The topological polar surface area (TPSA) is 102 Å². The van der Waals surface area contributed by atoms with Crippen molar-refractivity contribution in [3.63, 3.8) is 0 Å². The van der Waals surface area contributed by atoms with Crippen LogP contribution in [0.15, 0.2) is 29.0 Å². The maximum atomic E-state index is 15.3. The van der Waals surface area contributed by atoms with E-state index in [0.29, 0.717) is 42.3 Å². The monoisotopic (exact) mass is 539 g/mol. The first kappa shape index (κ1) is 27.1. The first-order chi connectivity index (χ1) is 18.8. The van der Waals surface area contributed by atoms with Crippen molar-refractivity contribution in [2.75, 3.05) is 38.8 Å². The van der Waals surface area contributed by atoms with Crippen LogP contribution >= 0.6 is 0 Å². The summed E-state index contributed by atoms with van der Waals surface area (Å²) in [6.07, 6.45) is 7.97. The number of nitrogens with zero attached hydrogens (tertiary/aromatic N) is 3. The molecule has 3 aliphatic rings. The Morgan fingerprint density at radius 2 is 1.87 bits per heavy atom. The van der Waals surface area contributed by atoms with Gasteiger partial charge in [0.2, 0.25) is 5.91 Å². The summed E-state index contributed by atoms with van der Waals surface area (Å²) in [4.78, 5) is 24.2. The van der Waals surface area contributed by atoms with Crippen LogP contribution in [0.3, 0.4) is 0 Å². The molecular formula is C29H35F2N5O3. The fourth-order valence-corrected chi connectivity index (χ4v) is 5.67. The number of benzene rings is 1. The third-order valence-corrected chi connectivity index (χ3v) is 8.10. The average molecular weight is 540 g/mol. The number of ether oxygens (including phenoxy) is 2. The van der Waals surface area contributed by atoms with Gasteiger partial charge >= 0.3 is 0 Å². The van der Waals surface area contributed by atoms with Crippen LogP contribution in [0.5, 0.6) is 11.5 Å². The van der Waals surface area contributed by atoms with Crippen molar-refractivity contribution in [1.82, 2.24) is 10.3 Å². The zero-order valence-corrected chi connectivity index (χ0v) is 22.7. The SMILES string of the molecule is COc1cc(OC)c(F)c(N2Cc3cnc(C(C=NCCC4CCNCC4)=C(C)N)cc3C3(CC3)C2=O)c1F. The number of piperidine rings is 1. The van der Waals surface area contributed by atoms with Gasteiger partial charge in [-0.25, -0.2) is 8.78 Å². The van der Waals surface area contributed by atoms with E-state index >= 15 is 8.78 Å². The number of halogens is 2. The summed E-state index contributed by atoms with van der Waals surface area (Å²) in [6.45, 7) is 4.60. The Bertz CT molecular complexity index is 1300. The highest BCUT2D eigenvalue weighted by atomic mass is 19.1. The molecule has 1 aromatic heterocycles. The van der Waals surface area contributed by atoms with E-state index in [2.05, 4.69) is 15.3 Å². The average Bonchev–Trinajstić information content (AvgIpc) is 3.74. The van der Waals surface area contributed by atoms with Crippen molar-refractivity contribution in [3.8, 4) is 11.5 Å². The number of fused-ring (bicyclic) bond motifs is 2. The van der Waals surface area contributed by atoms with E-state index in [-0.39, 0.29) is 24.0 Å². The number of hydrogen-bond acceptors (Lipinski definition) is 7. The standard InChI is InChI=1S/C29H35F2N5O3/c1-17(32)20(15-34-11-6-18-4-9-33-10-5-18)22-12-21-19(14-35-22)16-36(28(37)29(21)7-8-29)27-25(30)23(38-2)13-24(39-3)26(27)31/h12-15,18,33H,4-11,16,32H2,1-3H3. The molecule has 1 aliphatic carbocycles. The predicted octanol–water partition coefficient (Wildman–Crippen LogP) is 4.11. The molecule has 1 saturated carbocycles. The first-order valence-corrected chi connectivity index (χ1v) is 13.4. The number of methoxy groups -OCH3 is 2. The third-order valence-electron chi connectivity index (χ3n) is 8.10. The minimum absolute atomic E-state index is 0.0294. The molecule has 2 aromatic rings. The van der Waals surface area contributed by atoms with Gasteiger partial charge in [-0.15, -0.1) is 0 Å². The van der Waals surface area contributed by atoms with Gasteiger partial charge in [-0.3, -0.25) is 14.8 Å². The number of anilines is 1. The van der Waals surface area contributed by atoms with E-state index in [9.17, 15) is 4.79 Å². The number of hydrogen-bond donors (Lipinski definition) is 2. The molecule has 208 valence electrons. The van der Waals surface area contributed by atoms with Gasteiger partial charge in [-0.2, -0.15) is 0 Å². The van der Waals surface area contributed by atoms with E-state index in [4.69, 9.17) is 15.2 Å². The van der Waals surface area contributed by atoms with E-state index in [1.54, 1.807) is 19.3 Å². The summed E-state index contributed by atoms with van der Waals surface area (Å²) < 4.78 is 40.8. The van der Waals surface area contributed by atoms with Crippen LogP contribution < -0.4 is 25.4 Å².